The quantitative estimate of drug-likeness (QED) is 0.803. The molecule has 0 amide bonds. The van der Waals surface area contributed by atoms with E-state index in [1.54, 1.807) is 6.20 Å². The standard InChI is InChI=1S/C16H17NO/c1-13(2)18-16-11-10-15(17-12-16)9-8-14-6-4-3-5-7-14/h3-13H,1-2H3/b9-8+. The Bertz CT molecular complexity index is 500. The summed E-state index contributed by atoms with van der Waals surface area (Å²) in [6.45, 7) is 4.01. The van der Waals surface area contributed by atoms with Crippen LogP contribution in [-0.2, 0) is 0 Å². The molecule has 0 aliphatic rings. The van der Waals surface area contributed by atoms with Gasteiger partial charge in [0.05, 0.1) is 18.0 Å². The number of hydrogen-bond donors (Lipinski definition) is 0. The van der Waals surface area contributed by atoms with Crippen molar-refractivity contribution in [1.82, 2.24) is 4.98 Å². The Balaban J connectivity index is 2.04. The van der Waals surface area contributed by atoms with Crippen LogP contribution in [0.5, 0.6) is 5.75 Å². The zero-order chi connectivity index (χ0) is 12.8. The van der Waals surface area contributed by atoms with Crippen molar-refractivity contribution in [2.24, 2.45) is 0 Å². The van der Waals surface area contributed by atoms with Crippen molar-refractivity contribution in [3.05, 3.63) is 59.9 Å². The second kappa shape index (κ2) is 6.01. The largest absolute Gasteiger partial charge is 0.489 e. The lowest BCUT2D eigenvalue weighted by Gasteiger charge is -2.08. The zero-order valence-electron chi connectivity index (χ0n) is 10.7. The maximum absolute atomic E-state index is 5.55. The van der Waals surface area contributed by atoms with E-state index in [1.165, 1.54) is 5.56 Å². The van der Waals surface area contributed by atoms with Gasteiger partial charge in [-0.05, 0) is 37.6 Å². The van der Waals surface area contributed by atoms with Crippen molar-refractivity contribution in [2.45, 2.75) is 20.0 Å². The van der Waals surface area contributed by atoms with Crippen LogP contribution in [0.4, 0.5) is 0 Å². The van der Waals surface area contributed by atoms with E-state index in [1.807, 2.05) is 56.3 Å². The Labute approximate surface area is 108 Å². The molecule has 92 valence electrons. The number of nitrogens with zero attached hydrogens (tertiary/aromatic N) is 1. The number of pyridine rings is 1. The van der Waals surface area contributed by atoms with E-state index in [9.17, 15) is 0 Å². The summed E-state index contributed by atoms with van der Waals surface area (Å²) >= 11 is 0. The van der Waals surface area contributed by atoms with E-state index in [0.717, 1.165) is 11.4 Å². The molecule has 1 aromatic heterocycles. The molecule has 1 heterocycles. The van der Waals surface area contributed by atoms with Gasteiger partial charge in [-0.1, -0.05) is 36.4 Å². The predicted molar refractivity (Wildman–Crippen MR) is 75.4 cm³/mol. The van der Waals surface area contributed by atoms with Crippen LogP contribution in [0.25, 0.3) is 12.2 Å². The predicted octanol–water partition coefficient (Wildman–Crippen LogP) is 4.04. The van der Waals surface area contributed by atoms with Gasteiger partial charge >= 0.3 is 0 Å². The Morgan fingerprint density at radius 2 is 1.78 bits per heavy atom. The molecule has 0 fully saturated rings. The van der Waals surface area contributed by atoms with Crippen LogP contribution >= 0.6 is 0 Å². The van der Waals surface area contributed by atoms with Crippen molar-refractivity contribution in [2.75, 3.05) is 0 Å². The Morgan fingerprint density at radius 1 is 1.00 bits per heavy atom. The molecular weight excluding hydrogens is 222 g/mol. The van der Waals surface area contributed by atoms with Gasteiger partial charge in [-0.25, -0.2) is 0 Å². The van der Waals surface area contributed by atoms with Gasteiger partial charge in [-0.3, -0.25) is 4.98 Å². The monoisotopic (exact) mass is 239 g/mol. The summed E-state index contributed by atoms with van der Waals surface area (Å²) in [7, 11) is 0. The summed E-state index contributed by atoms with van der Waals surface area (Å²) in [4.78, 5) is 4.34. The van der Waals surface area contributed by atoms with Gasteiger partial charge in [-0.2, -0.15) is 0 Å². The van der Waals surface area contributed by atoms with Gasteiger partial charge in [0.2, 0.25) is 0 Å². The topological polar surface area (TPSA) is 22.1 Å². The number of aromatic nitrogens is 1. The Hall–Kier alpha value is -2.09. The molecule has 2 rings (SSSR count). The fraction of sp³-hybridized carbons (Fsp3) is 0.188. The van der Waals surface area contributed by atoms with E-state index in [2.05, 4.69) is 17.1 Å². The minimum absolute atomic E-state index is 0.178. The first-order valence-corrected chi connectivity index (χ1v) is 6.10. The molecule has 0 bridgehead atoms. The third-order valence-electron chi connectivity index (χ3n) is 2.38. The van der Waals surface area contributed by atoms with Gasteiger partial charge < -0.3 is 4.74 Å². The van der Waals surface area contributed by atoms with Gasteiger partial charge in [0, 0.05) is 0 Å². The highest BCUT2D eigenvalue weighted by Gasteiger charge is 1.97. The molecule has 0 unspecified atom stereocenters. The molecule has 0 N–H and O–H groups in total. The number of benzene rings is 1. The smallest absolute Gasteiger partial charge is 0.138 e. The minimum Gasteiger partial charge on any atom is -0.489 e. The van der Waals surface area contributed by atoms with Crippen LogP contribution in [0, 0.1) is 0 Å². The molecule has 0 spiro atoms. The molecule has 1 aromatic carbocycles. The third-order valence-corrected chi connectivity index (χ3v) is 2.38. The minimum atomic E-state index is 0.178. The fourth-order valence-electron chi connectivity index (χ4n) is 1.58. The second-order valence-electron chi connectivity index (χ2n) is 4.33. The maximum Gasteiger partial charge on any atom is 0.138 e. The van der Waals surface area contributed by atoms with Gasteiger partial charge in [0.1, 0.15) is 5.75 Å². The molecule has 0 aliphatic carbocycles. The Morgan fingerprint density at radius 3 is 2.39 bits per heavy atom. The summed E-state index contributed by atoms with van der Waals surface area (Å²) in [5, 5.41) is 0. The molecule has 2 nitrogen and oxygen atoms in total. The molecule has 0 saturated carbocycles. The number of ether oxygens (including phenoxy) is 1. The van der Waals surface area contributed by atoms with Crippen molar-refractivity contribution in [3.8, 4) is 5.75 Å². The molecule has 0 aliphatic heterocycles. The lowest BCUT2D eigenvalue weighted by atomic mass is 10.2. The first-order valence-electron chi connectivity index (χ1n) is 6.10. The lowest BCUT2D eigenvalue weighted by molar-refractivity contribution is 0.241. The highest BCUT2D eigenvalue weighted by Crippen LogP contribution is 2.13. The summed E-state index contributed by atoms with van der Waals surface area (Å²) in [5.74, 6) is 0.807. The van der Waals surface area contributed by atoms with E-state index in [0.29, 0.717) is 0 Å². The lowest BCUT2D eigenvalue weighted by Crippen LogP contribution is -2.05. The Kier molecular flexibility index (Phi) is 4.13. The van der Waals surface area contributed by atoms with E-state index in [-0.39, 0.29) is 6.10 Å². The van der Waals surface area contributed by atoms with Crippen LogP contribution in [0.3, 0.4) is 0 Å². The molecule has 0 atom stereocenters. The maximum atomic E-state index is 5.55. The molecule has 2 aromatic rings. The van der Waals surface area contributed by atoms with Gasteiger partial charge in [-0.15, -0.1) is 0 Å². The van der Waals surface area contributed by atoms with Crippen LogP contribution < -0.4 is 4.74 Å². The molecule has 0 radical (unpaired) electrons. The van der Waals surface area contributed by atoms with Crippen LogP contribution in [0.15, 0.2) is 48.7 Å². The normalized spacial score (nSPS) is 11.1. The summed E-state index contributed by atoms with van der Waals surface area (Å²) in [6.07, 6.45) is 5.97. The summed E-state index contributed by atoms with van der Waals surface area (Å²) < 4.78 is 5.55. The van der Waals surface area contributed by atoms with Crippen LogP contribution in [0.1, 0.15) is 25.1 Å². The average molecular weight is 239 g/mol. The highest BCUT2D eigenvalue weighted by atomic mass is 16.5. The van der Waals surface area contributed by atoms with Crippen molar-refractivity contribution in [3.63, 3.8) is 0 Å². The molecule has 0 saturated heterocycles. The molecular formula is C16H17NO. The fourth-order valence-corrected chi connectivity index (χ4v) is 1.58. The highest BCUT2D eigenvalue weighted by molar-refractivity contribution is 5.67. The molecule has 18 heavy (non-hydrogen) atoms. The molecule has 2 heteroatoms. The SMILES string of the molecule is CC(C)Oc1ccc(/C=C/c2ccccc2)nc1. The average Bonchev–Trinajstić information content (AvgIpc) is 2.38. The second-order valence-corrected chi connectivity index (χ2v) is 4.33. The van der Waals surface area contributed by atoms with Crippen molar-refractivity contribution >= 4 is 12.2 Å². The van der Waals surface area contributed by atoms with E-state index >= 15 is 0 Å². The third kappa shape index (κ3) is 3.74. The van der Waals surface area contributed by atoms with Crippen LogP contribution in [0.2, 0.25) is 0 Å². The number of hydrogen-bond acceptors (Lipinski definition) is 2. The van der Waals surface area contributed by atoms with E-state index in [4.69, 9.17) is 4.74 Å². The zero-order valence-corrected chi connectivity index (χ0v) is 10.7. The van der Waals surface area contributed by atoms with E-state index < -0.39 is 0 Å². The van der Waals surface area contributed by atoms with Gasteiger partial charge in [0.15, 0.2) is 0 Å². The van der Waals surface area contributed by atoms with Crippen LogP contribution in [-0.4, -0.2) is 11.1 Å². The first kappa shape index (κ1) is 12.4. The van der Waals surface area contributed by atoms with Crippen molar-refractivity contribution in [1.29, 1.82) is 0 Å². The van der Waals surface area contributed by atoms with Gasteiger partial charge in [0.25, 0.3) is 0 Å². The first-order chi connectivity index (χ1) is 8.74. The van der Waals surface area contributed by atoms with Crippen molar-refractivity contribution < 1.29 is 4.74 Å². The summed E-state index contributed by atoms with van der Waals surface area (Å²) in [5.41, 5.74) is 2.09. The number of rotatable bonds is 4. The summed E-state index contributed by atoms with van der Waals surface area (Å²) in [6, 6.07) is 14.1.